The summed E-state index contributed by atoms with van der Waals surface area (Å²) in [5.41, 5.74) is 12.7. The van der Waals surface area contributed by atoms with Gasteiger partial charge in [0.2, 0.25) is 0 Å². The predicted octanol–water partition coefficient (Wildman–Crippen LogP) is 7.46. The van der Waals surface area contributed by atoms with E-state index in [-0.39, 0.29) is 0 Å². The maximum atomic E-state index is 5.18. The molecule has 8 heterocycles. The number of hydrogen-bond donors (Lipinski definition) is 1. The van der Waals surface area contributed by atoms with Gasteiger partial charge in [0.15, 0.2) is 0 Å². The molecule has 0 radical (unpaired) electrons. The third-order valence-corrected chi connectivity index (χ3v) is 13.4. The van der Waals surface area contributed by atoms with E-state index in [4.69, 9.17) is 15.0 Å². The van der Waals surface area contributed by atoms with Crippen molar-refractivity contribution >= 4 is 38.7 Å². The van der Waals surface area contributed by atoms with Crippen LogP contribution in [0.5, 0.6) is 0 Å². The van der Waals surface area contributed by atoms with Gasteiger partial charge in [0.05, 0.1) is 22.1 Å². The summed E-state index contributed by atoms with van der Waals surface area (Å²) in [6.45, 7) is 6.39. The van der Waals surface area contributed by atoms with E-state index in [2.05, 4.69) is 106 Å². The van der Waals surface area contributed by atoms with Crippen LogP contribution in [-0.4, -0.2) is 86.5 Å². The van der Waals surface area contributed by atoms with Gasteiger partial charge in [-0.1, -0.05) is 18.6 Å². The zero-order valence-electron chi connectivity index (χ0n) is 30.5. The molecule has 8 aromatic rings. The second-order valence-corrected chi connectivity index (χ2v) is 16.1. The van der Waals surface area contributed by atoms with E-state index in [9.17, 15) is 0 Å². The number of nitrogens with zero attached hydrogens (tertiary/aromatic N) is 9. The van der Waals surface area contributed by atoms with Crippen LogP contribution in [0.3, 0.4) is 0 Å². The van der Waals surface area contributed by atoms with Crippen molar-refractivity contribution in [3.05, 3.63) is 103 Å². The minimum absolute atomic E-state index is 0.519. The first-order chi connectivity index (χ1) is 26.7. The average Bonchev–Trinajstić information content (AvgIpc) is 3.89. The fraction of sp³-hybridized carbons (Fsp3) is 0.364. The minimum Gasteiger partial charge on any atom is -0.346 e. The Labute approximate surface area is 313 Å². The molecule has 2 aromatic carbocycles. The molecule has 270 valence electrons. The molecule has 54 heavy (non-hydrogen) atoms. The Bertz CT molecular complexity index is 2720. The van der Waals surface area contributed by atoms with Gasteiger partial charge in [0.1, 0.15) is 22.9 Å². The van der Waals surface area contributed by atoms with E-state index < -0.39 is 0 Å². The van der Waals surface area contributed by atoms with Gasteiger partial charge in [-0.2, -0.15) is 0 Å². The van der Waals surface area contributed by atoms with Gasteiger partial charge in [-0.15, -0.1) is 0 Å². The molecule has 12 rings (SSSR count). The van der Waals surface area contributed by atoms with Gasteiger partial charge in [-0.25, -0.2) is 19.9 Å². The van der Waals surface area contributed by atoms with Gasteiger partial charge in [0.25, 0.3) is 0 Å². The number of nitrogens with one attached hydrogen (secondary N) is 1. The summed E-state index contributed by atoms with van der Waals surface area (Å²) < 4.78 is 7.28. The molecule has 1 N–H and O–H groups in total. The molecule has 4 aliphatic rings. The number of fused-ring (bicyclic) bond motifs is 8. The van der Waals surface area contributed by atoms with Crippen LogP contribution in [0, 0.1) is 0 Å². The Balaban J connectivity index is 0.739. The zero-order valence-corrected chi connectivity index (χ0v) is 30.5. The average molecular weight is 713 g/mol. The van der Waals surface area contributed by atoms with E-state index in [0.29, 0.717) is 12.0 Å². The molecular weight excluding hydrogens is 669 g/mol. The van der Waals surface area contributed by atoms with Crippen LogP contribution < -0.4 is 0 Å². The van der Waals surface area contributed by atoms with Gasteiger partial charge in [-0.3, -0.25) is 9.80 Å². The molecule has 2 saturated carbocycles. The van der Waals surface area contributed by atoms with E-state index in [0.717, 1.165) is 85.9 Å². The molecule has 10 nitrogen and oxygen atoms in total. The van der Waals surface area contributed by atoms with Crippen LogP contribution in [0.15, 0.2) is 85.5 Å². The number of aromatic amines is 1. The Morgan fingerprint density at radius 2 is 1.37 bits per heavy atom. The smallest absolute Gasteiger partial charge is 0.144 e. The predicted molar refractivity (Wildman–Crippen MR) is 213 cm³/mol. The Kier molecular flexibility index (Phi) is 6.96. The highest BCUT2D eigenvalue weighted by Crippen LogP contribution is 2.42. The fourth-order valence-corrected chi connectivity index (χ4v) is 10.1. The van der Waals surface area contributed by atoms with Crippen molar-refractivity contribution in [3.63, 3.8) is 0 Å². The maximum Gasteiger partial charge on any atom is 0.144 e. The lowest BCUT2D eigenvalue weighted by molar-refractivity contribution is 0.109. The molecule has 2 aliphatic heterocycles. The summed E-state index contributed by atoms with van der Waals surface area (Å²) in [7, 11) is 0. The lowest BCUT2D eigenvalue weighted by Gasteiger charge is -2.42. The molecule has 2 fully saturated rings. The Morgan fingerprint density at radius 3 is 2.07 bits per heavy atom. The van der Waals surface area contributed by atoms with Crippen molar-refractivity contribution in [2.24, 2.45) is 0 Å². The van der Waals surface area contributed by atoms with Crippen LogP contribution in [0.25, 0.3) is 61.0 Å². The van der Waals surface area contributed by atoms with E-state index >= 15 is 0 Å². The number of imidazole rings is 3. The molecule has 2 aliphatic carbocycles. The number of pyridine rings is 2. The minimum atomic E-state index is 0.519. The van der Waals surface area contributed by atoms with Gasteiger partial charge in [0, 0.05) is 117 Å². The van der Waals surface area contributed by atoms with Gasteiger partial charge in [-0.05, 0) is 85.3 Å². The highest BCUT2D eigenvalue weighted by molar-refractivity contribution is 5.96. The number of aromatic nitrogens is 8. The Hall–Kier alpha value is -5.32. The number of hydrogen-bond acceptors (Lipinski definition) is 6. The standard InChI is InChI=1S/C44H44N10/c1-4-31(5-1)50-16-12-41-48-36-24-28(8-10-38(36)52(41)20-18-50)33-7-3-15-54-40(27-47-44(33)54)30-22-32(23-30)51-17-13-42-49-37-25-29(9-11-39(37)53(42)21-19-51)35-26-46-43-34(35)6-2-14-45-43/h2-3,6-11,14-15,24-27,30-32H,1,4-5,12-13,16-23H2,(H,45,46). The monoisotopic (exact) mass is 712 g/mol. The SMILES string of the molecule is c1cnc2[nH]cc(-c3ccc4c(c3)nc3n4CCN(C4CC(c5cnc6c(-c7ccc8c(c7)nc7n8CCN(C8CCC8)CC7)cccn56)C4)CC3)c2c1. The van der Waals surface area contributed by atoms with Crippen LogP contribution in [0.2, 0.25) is 0 Å². The van der Waals surface area contributed by atoms with Crippen molar-refractivity contribution in [2.45, 2.75) is 76.0 Å². The lowest BCUT2D eigenvalue weighted by Crippen LogP contribution is -2.45. The highest BCUT2D eigenvalue weighted by Gasteiger charge is 2.37. The van der Waals surface area contributed by atoms with Crippen molar-refractivity contribution in [1.82, 2.24) is 48.3 Å². The Morgan fingerprint density at radius 1 is 0.667 bits per heavy atom. The molecule has 0 amide bonds. The second-order valence-electron chi connectivity index (χ2n) is 16.1. The topological polar surface area (TPSA) is 88.1 Å². The normalized spacial score (nSPS) is 21.3. The van der Waals surface area contributed by atoms with E-state index in [1.54, 1.807) is 0 Å². The maximum absolute atomic E-state index is 5.18. The van der Waals surface area contributed by atoms with E-state index in [1.807, 2.05) is 12.3 Å². The van der Waals surface area contributed by atoms with Crippen molar-refractivity contribution in [1.29, 1.82) is 0 Å². The molecule has 0 spiro atoms. The molecule has 0 unspecified atom stereocenters. The van der Waals surface area contributed by atoms with Crippen molar-refractivity contribution in [3.8, 4) is 22.3 Å². The molecule has 0 atom stereocenters. The van der Waals surface area contributed by atoms with E-state index in [1.165, 1.54) is 82.7 Å². The highest BCUT2D eigenvalue weighted by atomic mass is 15.2. The van der Waals surface area contributed by atoms with Crippen LogP contribution in [0.1, 0.15) is 55.4 Å². The first-order valence-electron chi connectivity index (χ1n) is 20.1. The number of H-pyrrole nitrogens is 1. The van der Waals surface area contributed by atoms with Gasteiger partial charge < -0.3 is 18.5 Å². The fourth-order valence-electron chi connectivity index (χ4n) is 10.1. The van der Waals surface area contributed by atoms with Crippen LogP contribution >= 0.6 is 0 Å². The largest absolute Gasteiger partial charge is 0.346 e. The quantitative estimate of drug-likeness (QED) is 0.200. The molecule has 0 saturated heterocycles. The third-order valence-electron chi connectivity index (χ3n) is 13.4. The third kappa shape index (κ3) is 4.85. The van der Waals surface area contributed by atoms with Crippen LogP contribution in [-0.2, 0) is 25.9 Å². The first kappa shape index (κ1) is 31.1. The van der Waals surface area contributed by atoms with Crippen LogP contribution in [0.4, 0.5) is 0 Å². The number of benzene rings is 2. The molecule has 10 heteroatoms. The van der Waals surface area contributed by atoms with Crippen molar-refractivity contribution < 1.29 is 0 Å². The summed E-state index contributed by atoms with van der Waals surface area (Å²) in [5, 5.41) is 1.15. The molecular formula is C44H44N10. The molecule has 0 bridgehead atoms. The van der Waals surface area contributed by atoms with Gasteiger partial charge >= 0.3 is 0 Å². The number of rotatable bonds is 5. The summed E-state index contributed by atoms with van der Waals surface area (Å²) in [4.78, 5) is 28.6. The second kappa shape index (κ2) is 12.1. The first-order valence-corrected chi connectivity index (χ1v) is 20.1. The summed E-state index contributed by atoms with van der Waals surface area (Å²) >= 11 is 0. The molecule has 6 aromatic heterocycles. The summed E-state index contributed by atoms with van der Waals surface area (Å²) in [6.07, 6.45) is 16.7. The summed E-state index contributed by atoms with van der Waals surface area (Å²) in [5.74, 6) is 2.96. The van der Waals surface area contributed by atoms with Crippen molar-refractivity contribution in [2.75, 3.05) is 26.2 Å². The lowest BCUT2D eigenvalue weighted by atomic mass is 9.77. The zero-order chi connectivity index (χ0) is 35.3. The summed E-state index contributed by atoms with van der Waals surface area (Å²) in [6, 6.07) is 23.5.